The molecule has 1 rings (SSSR count). The summed E-state index contributed by atoms with van der Waals surface area (Å²) in [5.41, 5.74) is 1.42. The van der Waals surface area contributed by atoms with Crippen molar-refractivity contribution in [2.75, 3.05) is 12.8 Å². The molecule has 0 bridgehead atoms. The summed E-state index contributed by atoms with van der Waals surface area (Å²) in [5.74, 6) is 1.16. The first-order valence-corrected chi connectivity index (χ1v) is 6.90. The van der Waals surface area contributed by atoms with Gasteiger partial charge in [-0.15, -0.1) is 11.3 Å². The van der Waals surface area contributed by atoms with Gasteiger partial charge in [0.25, 0.3) is 0 Å². The number of hydrogen-bond acceptors (Lipinski definition) is 3. The molecule has 0 radical (unpaired) electrons. The maximum absolute atomic E-state index is 3.39. The molecule has 0 aliphatic rings. The largest absolute Gasteiger partial charge is 0.312 e. The molecule has 1 unspecified atom stereocenters. The van der Waals surface area contributed by atoms with E-state index in [1.165, 1.54) is 10.4 Å². The Labute approximate surface area is 95.3 Å². The molecule has 0 saturated heterocycles. The van der Waals surface area contributed by atoms with E-state index in [-0.39, 0.29) is 0 Å². The highest BCUT2D eigenvalue weighted by Crippen LogP contribution is 2.27. The van der Waals surface area contributed by atoms with E-state index in [1.807, 2.05) is 30.1 Å². The maximum atomic E-state index is 3.39. The number of aryl methyl sites for hydroxylation is 1. The molecule has 0 fully saturated rings. The fourth-order valence-electron chi connectivity index (χ4n) is 1.32. The van der Waals surface area contributed by atoms with Crippen LogP contribution in [0.2, 0.25) is 0 Å². The first-order valence-electron chi connectivity index (χ1n) is 4.98. The lowest BCUT2D eigenvalue weighted by atomic mass is 10.2. The predicted molar refractivity (Wildman–Crippen MR) is 68.5 cm³/mol. The Morgan fingerprint density at radius 1 is 1.50 bits per heavy atom. The van der Waals surface area contributed by atoms with E-state index >= 15 is 0 Å². The molecule has 0 spiro atoms. The minimum Gasteiger partial charge on any atom is -0.312 e. The molecule has 80 valence electrons. The summed E-state index contributed by atoms with van der Waals surface area (Å²) in [6.45, 7) is 6.69. The van der Waals surface area contributed by atoms with Gasteiger partial charge in [0.15, 0.2) is 0 Å². The Morgan fingerprint density at radius 2 is 2.21 bits per heavy atom. The van der Waals surface area contributed by atoms with E-state index in [1.54, 1.807) is 0 Å². The Balaban J connectivity index is 2.58. The highest BCUT2D eigenvalue weighted by atomic mass is 32.2. The fourth-order valence-corrected chi connectivity index (χ4v) is 3.37. The molecule has 1 N–H and O–H groups in total. The summed E-state index contributed by atoms with van der Waals surface area (Å²) < 4.78 is 0. The molecule has 1 atom stereocenters. The van der Waals surface area contributed by atoms with Gasteiger partial charge < -0.3 is 5.32 Å². The van der Waals surface area contributed by atoms with E-state index in [0.717, 1.165) is 5.75 Å². The van der Waals surface area contributed by atoms with E-state index < -0.39 is 0 Å². The summed E-state index contributed by atoms with van der Waals surface area (Å²) in [6.07, 6.45) is 0. The second-order valence-corrected chi connectivity index (χ2v) is 6.25. The van der Waals surface area contributed by atoms with Crippen LogP contribution in [0.3, 0.4) is 0 Å². The van der Waals surface area contributed by atoms with Crippen LogP contribution < -0.4 is 5.32 Å². The SMILES string of the molecule is CNC(CSC(C)C)c1sccc1C. The minimum absolute atomic E-state index is 0.516. The van der Waals surface area contributed by atoms with Crippen LogP contribution in [0.1, 0.15) is 30.3 Å². The molecule has 0 aliphatic heterocycles. The zero-order valence-electron chi connectivity index (χ0n) is 9.33. The molecule has 3 heteroatoms. The van der Waals surface area contributed by atoms with Gasteiger partial charge >= 0.3 is 0 Å². The van der Waals surface area contributed by atoms with Crippen LogP contribution in [0, 0.1) is 6.92 Å². The molecule has 1 nitrogen and oxygen atoms in total. The van der Waals surface area contributed by atoms with Gasteiger partial charge in [0.2, 0.25) is 0 Å². The van der Waals surface area contributed by atoms with E-state index in [4.69, 9.17) is 0 Å². The third-order valence-electron chi connectivity index (χ3n) is 2.16. The van der Waals surface area contributed by atoms with Gasteiger partial charge in [-0.05, 0) is 36.2 Å². The summed E-state index contributed by atoms with van der Waals surface area (Å²) in [4.78, 5) is 1.49. The van der Waals surface area contributed by atoms with Crippen molar-refractivity contribution in [2.24, 2.45) is 0 Å². The Bertz CT molecular complexity index is 268. The van der Waals surface area contributed by atoms with Crippen molar-refractivity contribution < 1.29 is 0 Å². The monoisotopic (exact) mass is 229 g/mol. The molecule has 0 aromatic carbocycles. The quantitative estimate of drug-likeness (QED) is 0.830. The topological polar surface area (TPSA) is 12.0 Å². The Hall–Kier alpha value is 0.0100. The molecule has 1 heterocycles. The Kier molecular flexibility index (Phi) is 4.99. The molecular weight excluding hydrogens is 210 g/mol. The summed E-state index contributed by atoms with van der Waals surface area (Å²) >= 11 is 3.87. The number of thioether (sulfide) groups is 1. The smallest absolute Gasteiger partial charge is 0.0506 e. The summed E-state index contributed by atoms with van der Waals surface area (Å²) in [6, 6.07) is 2.71. The lowest BCUT2D eigenvalue weighted by Gasteiger charge is -2.16. The van der Waals surface area contributed by atoms with Crippen LogP contribution in [0.4, 0.5) is 0 Å². The lowest BCUT2D eigenvalue weighted by molar-refractivity contribution is 0.669. The van der Waals surface area contributed by atoms with Gasteiger partial charge in [0.1, 0.15) is 0 Å². The van der Waals surface area contributed by atoms with Gasteiger partial charge in [-0.3, -0.25) is 0 Å². The molecule has 0 aliphatic carbocycles. The predicted octanol–water partition coefficient (Wildman–Crippen LogP) is 3.46. The standard InChI is InChI=1S/C11H19NS2/c1-8(2)14-7-10(12-4)11-9(3)5-6-13-11/h5-6,8,10,12H,7H2,1-4H3. The van der Waals surface area contributed by atoms with Crippen LogP contribution >= 0.6 is 23.1 Å². The normalized spacial score (nSPS) is 13.5. The molecule has 0 saturated carbocycles. The Morgan fingerprint density at radius 3 is 2.64 bits per heavy atom. The minimum atomic E-state index is 0.516. The van der Waals surface area contributed by atoms with Crippen LogP contribution in [0.15, 0.2) is 11.4 Å². The van der Waals surface area contributed by atoms with E-state index in [0.29, 0.717) is 11.3 Å². The number of hydrogen-bond donors (Lipinski definition) is 1. The second-order valence-electron chi connectivity index (χ2n) is 3.69. The molecule has 0 amide bonds. The van der Waals surface area contributed by atoms with Crippen molar-refractivity contribution in [1.29, 1.82) is 0 Å². The highest BCUT2D eigenvalue weighted by Gasteiger charge is 2.13. The third kappa shape index (κ3) is 3.30. The van der Waals surface area contributed by atoms with Gasteiger partial charge in [-0.2, -0.15) is 11.8 Å². The molecule has 14 heavy (non-hydrogen) atoms. The van der Waals surface area contributed by atoms with Crippen molar-refractivity contribution in [3.8, 4) is 0 Å². The lowest BCUT2D eigenvalue weighted by Crippen LogP contribution is -2.19. The summed E-state index contributed by atoms with van der Waals surface area (Å²) in [7, 11) is 2.05. The van der Waals surface area contributed by atoms with Gasteiger partial charge in [0, 0.05) is 10.6 Å². The zero-order chi connectivity index (χ0) is 10.6. The van der Waals surface area contributed by atoms with Crippen molar-refractivity contribution in [1.82, 2.24) is 5.32 Å². The van der Waals surface area contributed by atoms with Crippen LogP contribution in [-0.2, 0) is 0 Å². The molecule has 1 aromatic heterocycles. The van der Waals surface area contributed by atoms with Crippen LogP contribution in [0.25, 0.3) is 0 Å². The number of thiophene rings is 1. The first-order chi connectivity index (χ1) is 6.65. The van der Waals surface area contributed by atoms with Crippen LogP contribution in [-0.4, -0.2) is 18.1 Å². The summed E-state index contributed by atoms with van der Waals surface area (Å²) in [5, 5.41) is 6.28. The second kappa shape index (κ2) is 5.79. The van der Waals surface area contributed by atoms with E-state index in [2.05, 4.69) is 37.5 Å². The maximum Gasteiger partial charge on any atom is 0.0506 e. The zero-order valence-corrected chi connectivity index (χ0v) is 11.0. The number of rotatable bonds is 5. The average Bonchev–Trinajstić information content (AvgIpc) is 2.53. The van der Waals surface area contributed by atoms with Crippen LogP contribution in [0.5, 0.6) is 0 Å². The van der Waals surface area contributed by atoms with Gasteiger partial charge in [-0.1, -0.05) is 13.8 Å². The van der Waals surface area contributed by atoms with Crippen molar-refractivity contribution in [3.63, 3.8) is 0 Å². The average molecular weight is 229 g/mol. The highest BCUT2D eigenvalue weighted by molar-refractivity contribution is 7.99. The first kappa shape index (κ1) is 12.1. The van der Waals surface area contributed by atoms with Crippen molar-refractivity contribution in [2.45, 2.75) is 32.1 Å². The van der Waals surface area contributed by atoms with Gasteiger partial charge in [-0.25, -0.2) is 0 Å². The van der Waals surface area contributed by atoms with E-state index in [9.17, 15) is 0 Å². The molecule has 1 aromatic rings. The third-order valence-corrected chi connectivity index (χ3v) is 4.49. The number of nitrogens with one attached hydrogen (secondary N) is 1. The fraction of sp³-hybridized carbons (Fsp3) is 0.636. The van der Waals surface area contributed by atoms with Crippen molar-refractivity contribution >= 4 is 23.1 Å². The van der Waals surface area contributed by atoms with Crippen molar-refractivity contribution in [3.05, 3.63) is 21.9 Å². The molecular formula is C11H19NS2. The van der Waals surface area contributed by atoms with Gasteiger partial charge in [0.05, 0.1) is 6.04 Å².